The van der Waals surface area contributed by atoms with Gasteiger partial charge in [0, 0.05) is 19.1 Å². The topological polar surface area (TPSA) is 27.0 Å². The Bertz CT molecular complexity index is 264. The van der Waals surface area contributed by atoms with Crippen LogP contribution in [0.25, 0.3) is 0 Å². The van der Waals surface area contributed by atoms with E-state index in [0.29, 0.717) is 6.54 Å². The fourth-order valence-electron chi connectivity index (χ4n) is 2.10. The molecule has 18 heavy (non-hydrogen) atoms. The molecule has 0 aliphatic carbocycles. The number of rotatable bonds is 7. The maximum atomic E-state index is 12.6. The van der Waals surface area contributed by atoms with Crippen molar-refractivity contribution in [2.75, 3.05) is 13.1 Å². The summed E-state index contributed by atoms with van der Waals surface area (Å²) in [6, 6.07) is 1.50. The van der Waals surface area contributed by atoms with Crippen LogP contribution >= 0.6 is 0 Å². The fourth-order valence-corrected chi connectivity index (χ4v) is 2.10. The maximum absolute atomic E-state index is 12.6. The van der Waals surface area contributed by atoms with E-state index in [1.807, 2.05) is 32.6 Å². The van der Waals surface area contributed by atoms with Crippen molar-refractivity contribution in [1.29, 1.82) is 5.26 Å². The molecule has 106 valence electrons. The van der Waals surface area contributed by atoms with Crippen LogP contribution in [0, 0.1) is 23.2 Å². The van der Waals surface area contributed by atoms with Crippen LogP contribution in [-0.2, 0) is 0 Å². The van der Waals surface area contributed by atoms with Gasteiger partial charge < -0.3 is 0 Å². The first kappa shape index (κ1) is 17.2. The molecule has 0 radical (unpaired) electrons. The zero-order valence-electron chi connectivity index (χ0n) is 11.6. The van der Waals surface area contributed by atoms with Crippen LogP contribution in [0.2, 0.25) is 0 Å². The van der Waals surface area contributed by atoms with E-state index in [2.05, 4.69) is 0 Å². The minimum Gasteiger partial charge on any atom is -0.299 e. The highest BCUT2D eigenvalue weighted by Gasteiger charge is 2.41. The van der Waals surface area contributed by atoms with Crippen LogP contribution < -0.4 is 0 Å². The fraction of sp³-hybridized carbons (Fsp3) is 0.923. The molecule has 0 aromatic rings. The molecule has 0 aliphatic rings. The van der Waals surface area contributed by atoms with Gasteiger partial charge in [-0.25, -0.2) is 0 Å². The lowest BCUT2D eigenvalue weighted by molar-refractivity contribution is -0.164. The van der Waals surface area contributed by atoms with Gasteiger partial charge in [-0.2, -0.15) is 18.4 Å². The number of halogens is 3. The van der Waals surface area contributed by atoms with E-state index >= 15 is 0 Å². The van der Waals surface area contributed by atoms with Crippen LogP contribution in [0.4, 0.5) is 13.2 Å². The molecule has 0 rings (SSSR count). The lowest BCUT2D eigenvalue weighted by Gasteiger charge is -2.33. The van der Waals surface area contributed by atoms with E-state index < -0.39 is 12.1 Å². The largest absolute Gasteiger partial charge is 0.405 e. The van der Waals surface area contributed by atoms with E-state index in [4.69, 9.17) is 5.26 Å². The molecule has 0 aromatic carbocycles. The van der Waals surface area contributed by atoms with Gasteiger partial charge in [-0.3, -0.25) is 4.90 Å². The van der Waals surface area contributed by atoms with Gasteiger partial charge in [0.25, 0.3) is 0 Å². The molecule has 0 spiro atoms. The van der Waals surface area contributed by atoms with Crippen molar-refractivity contribution in [2.24, 2.45) is 11.8 Å². The lowest BCUT2D eigenvalue weighted by Crippen LogP contribution is -2.43. The number of alkyl halides is 3. The summed E-state index contributed by atoms with van der Waals surface area (Å²) in [5.41, 5.74) is 0. The maximum Gasteiger partial charge on any atom is 0.405 e. The average molecular weight is 264 g/mol. The van der Waals surface area contributed by atoms with E-state index in [0.717, 1.165) is 12.8 Å². The normalized spacial score (nSPS) is 14.3. The molecule has 0 heterocycles. The summed E-state index contributed by atoms with van der Waals surface area (Å²) in [7, 11) is 0. The second-order valence-electron chi connectivity index (χ2n) is 5.04. The Hall–Kier alpha value is -0.760. The van der Waals surface area contributed by atoms with Gasteiger partial charge in [-0.05, 0) is 18.8 Å². The molecule has 0 N–H and O–H groups in total. The van der Waals surface area contributed by atoms with Crippen molar-refractivity contribution in [2.45, 2.75) is 52.8 Å². The minimum atomic E-state index is -4.43. The van der Waals surface area contributed by atoms with Gasteiger partial charge in [-0.1, -0.05) is 27.7 Å². The van der Waals surface area contributed by atoms with Gasteiger partial charge >= 0.3 is 6.18 Å². The van der Waals surface area contributed by atoms with Crippen molar-refractivity contribution in [3.63, 3.8) is 0 Å². The van der Waals surface area contributed by atoms with Gasteiger partial charge in [0.1, 0.15) is 0 Å². The molecule has 1 unspecified atom stereocenters. The van der Waals surface area contributed by atoms with Crippen LogP contribution in [0.1, 0.15) is 40.5 Å². The summed E-state index contributed by atoms with van der Waals surface area (Å²) in [6.07, 6.45) is -2.82. The Morgan fingerprint density at radius 3 is 1.89 bits per heavy atom. The van der Waals surface area contributed by atoms with Crippen LogP contribution in [-0.4, -0.2) is 30.2 Å². The summed E-state index contributed by atoms with van der Waals surface area (Å²) >= 11 is 0. The highest BCUT2D eigenvalue weighted by atomic mass is 19.4. The van der Waals surface area contributed by atoms with Crippen LogP contribution in [0.3, 0.4) is 0 Å². The highest BCUT2D eigenvalue weighted by Crippen LogP contribution is 2.27. The summed E-state index contributed by atoms with van der Waals surface area (Å²) < 4.78 is 37.9. The van der Waals surface area contributed by atoms with E-state index in [-0.39, 0.29) is 18.5 Å². The summed E-state index contributed by atoms with van der Waals surface area (Å²) in [6.45, 7) is 8.27. The SMILES string of the molecule is CCC(CC)N(CC(C)C)CC(C#N)C(F)(F)F. The standard InChI is InChI=1S/C13H23F3N2/c1-5-12(6-2)18(8-10(3)4)9-11(7-17)13(14,15)16/h10-12H,5-6,8-9H2,1-4H3. The predicted molar refractivity (Wildman–Crippen MR) is 65.9 cm³/mol. The van der Waals surface area contributed by atoms with Crippen molar-refractivity contribution in [1.82, 2.24) is 4.90 Å². The molecule has 5 heteroatoms. The Morgan fingerprint density at radius 2 is 1.61 bits per heavy atom. The molecule has 0 fully saturated rings. The Balaban J connectivity index is 4.82. The predicted octanol–water partition coefficient (Wildman–Crippen LogP) is 3.84. The second kappa shape index (κ2) is 7.63. The molecule has 2 nitrogen and oxygen atoms in total. The van der Waals surface area contributed by atoms with E-state index in [1.54, 1.807) is 0 Å². The van der Waals surface area contributed by atoms with E-state index in [1.165, 1.54) is 6.07 Å². The molecule has 0 aromatic heterocycles. The summed E-state index contributed by atoms with van der Waals surface area (Å²) in [5, 5.41) is 8.68. The molecule has 0 aliphatic heterocycles. The number of hydrogen-bond acceptors (Lipinski definition) is 2. The highest BCUT2D eigenvalue weighted by molar-refractivity contribution is 4.91. The third kappa shape index (κ3) is 5.72. The Kier molecular flexibility index (Phi) is 7.30. The average Bonchev–Trinajstić information content (AvgIpc) is 2.24. The molecule has 0 amide bonds. The van der Waals surface area contributed by atoms with Gasteiger partial charge in [0.05, 0.1) is 6.07 Å². The van der Waals surface area contributed by atoms with Gasteiger partial charge in [-0.15, -0.1) is 0 Å². The smallest absolute Gasteiger partial charge is 0.299 e. The van der Waals surface area contributed by atoms with Crippen molar-refractivity contribution in [3.05, 3.63) is 0 Å². The molecule has 0 bridgehead atoms. The molecule has 0 saturated heterocycles. The first-order valence-electron chi connectivity index (χ1n) is 6.46. The van der Waals surface area contributed by atoms with Crippen molar-refractivity contribution in [3.8, 4) is 6.07 Å². The van der Waals surface area contributed by atoms with Crippen LogP contribution in [0.5, 0.6) is 0 Å². The summed E-state index contributed by atoms with van der Waals surface area (Å²) in [4.78, 5) is 1.81. The molecular weight excluding hydrogens is 241 g/mol. The third-order valence-electron chi connectivity index (χ3n) is 3.03. The van der Waals surface area contributed by atoms with Gasteiger partial charge in [0.15, 0.2) is 5.92 Å². The number of nitrogens with zero attached hydrogens (tertiary/aromatic N) is 2. The Labute approximate surface area is 108 Å². The van der Waals surface area contributed by atoms with E-state index in [9.17, 15) is 13.2 Å². The first-order chi connectivity index (χ1) is 8.26. The van der Waals surface area contributed by atoms with Crippen molar-refractivity contribution < 1.29 is 13.2 Å². The zero-order chi connectivity index (χ0) is 14.3. The zero-order valence-corrected chi connectivity index (χ0v) is 11.6. The van der Waals surface area contributed by atoms with Crippen LogP contribution in [0.15, 0.2) is 0 Å². The number of nitriles is 1. The van der Waals surface area contributed by atoms with Gasteiger partial charge in [0.2, 0.25) is 0 Å². The molecule has 0 saturated carbocycles. The minimum absolute atomic E-state index is 0.116. The summed E-state index contributed by atoms with van der Waals surface area (Å²) in [5.74, 6) is -1.60. The lowest BCUT2D eigenvalue weighted by atomic mass is 10.0. The quantitative estimate of drug-likeness (QED) is 0.698. The molecular formula is C13H23F3N2. The second-order valence-corrected chi connectivity index (χ2v) is 5.04. The third-order valence-corrected chi connectivity index (χ3v) is 3.03. The van der Waals surface area contributed by atoms with Crippen molar-refractivity contribution >= 4 is 0 Å². The Morgan fingerprint density at radius 1 is 1.11 bits per heavy atom. The monoisotopic (exact) mass is 264 g/mol. The number of hydrogen-bond donors (Lipinski definition) is 0. The molecule has 1 atom stereocenters. The first-order valence-corrected chi connectivity index (χ1v) is 6.46.